The van der Waals surface area contributed by atoms with Gasteiger partial charge in [0.05, 0.1) is 21.7 Å². The van der Waals surface area contributed by atoms with E-state index in [2.05, 4.69) is 15.8 Å². The molecule has 4 aromatic rings. The molecule has 0 radical (unpaired) electrons. The minimum Gasteiger partial charge on any atom is -0.415 e. The number of anilines is 1. The topological polar surface area (TPSA) is 140 Å². The third-order valence-corrected chi connectivity index (χ3v) is 5.65. The number of para-hydroxylation sites is 1. The van der Waals surface area contributed by atoms with E-state index in [1.165, 1.54) is 42.5 Å². The highest BCUT2D eigenvalue weighted by Gasteiger charge is 2.23. The van der Waals surface area contributed by atoms with Crippen molar-refractivity contribution in [3.8, 4) is 5.75 Å². The van der Waals surface area contributed by atoms with Crippen LogP contribution in [0.25, 0.3) is 0 Å². The number of benzene rings is 4. The number of rotatable bonds is 8. The molecule has 4 rings (SSSR count). The van der Waals surface area contributed by atoms with Gasteiger partial charge in [0.2, 0.25) is 5.75 Å². The third kappa shape index (κ3) is 6.70. The quantitative estimate of drug-likeness (QED) is 0.0992. The Bertz CT molecular complexity index is 1570. The van der Waals surface area contributed by atoms with Crippen molar-refractivity contribution in [3.63, 3.8) is 0 Å². The van der Waals surface area contributed by atoms with Crippen LogP contribution >= 0.6 is 11.6 Å². The Hall–Kier alpha value is -5.35. The van der Waals surface area contributed by atoms with Crippen LogP contribution in [0, 0.1) is 10.1 Å². The third-order valence-electron chi connectivity index (χ3n) is 5.32. The van der Waals surface area contributed by atoms with Crippen molar-refractivity contribution >= 4 is 47.0 Å². The minimum absolute atomic E-state index is 0.0249. The average molecular weight is 543 g/mol. The van der Waals surface area contributed by atoms with E-state index in [9.17, 15) is 24.5 Å². The number of nitrogens with one attached hydrogen (secondary N) is 2. The van der Waals surface area contributed by atoms with E-state index in [0.717, 1.165) is 6.21 Å². The lowest BCUT2D eigenvalue weighted by Crippen LogP contribution is -2.18. The van der Waals surface area contributed by atoms with Crippen molar-refractivity contribution in [2.45, 2.75) is 0 Å². The number of carbonyl (C=O) groups excluding carboxylic acids is 3. The van der Waals surface area contributed by atoms with Crippen LogP contribution < -0.4 is 15.5 Å². The molecule has 0 atom stereocenters. The summed E-state index contributed by atoms with van der Waals surface area (Å²) in [5, 5.41) is 18.3. The van der Waals surface area contributed by atoms with Gasteiger partial charge in [0.1, 0.15) is 0 Å². The predicted octanol–water partition coefficient (Wildman–Crippen LogP) is 5.48. The number of halogens is 1. The molecule has 0 aliphatic rings. The highest BCUT2D eigenvalue weighted by molar-refractivity contribution is 6.33. The largest absolute Gasteiger partial charge is 0.415 e. The molecule has 0 unspecified atom stereocenters. The molecule has 11 heteroatoms. The van der Waals surface area contributed by atoms with Crippen LogP contribution in [0.2, 0.25) is 5.02 Å². The number of hydrogen-bond donors (Lipinski definition) is 2. The van der Waals surface area contributed by atoms with Gasteiger partial charge in [0.25, 0.3) is 11.8 Å². The molecule has 4 aromatic carbocycles. The summed E-state index contributed by atoms with van der Waals surface area (Å²) in [6.45, 7) is 0. The second-order valence-corrected chi connectivity index (χ2v) is 8.33. The van der Waals surface area contributed by atoms with Crippen LogP contribution in [0.15, 0.2) is 102 Å². The molecule has 0 heterocycles. The van der Waals surface area contributed by atoms with Gasteiger partial charge in [-0.15, -0.1) is 0 Å². The Labute approximate surface area is 227 Å². The average Bonchev–Trinajstić information content (AvgIpc) is 2.94. The lowest BCUT2D eigenvalue weighted by Gasteiger charge is -2.09. The fourth-order valence-corrected chi connectivity index (χ4v) is 3.61. The lowest BCUT2D eigenvalue weighted by molar-refractivity contribution is -0.385. The maximum Gasteiger partial charge on any atom is 0.345 e. The number of carbonyl (C=O) groups is 3. The van der Waals surface area contributed by atoms with Gasteiger partial charge >= 0.3 is 11.7 Å². The molecule has 0 fully saturated rings. The summed E-state index contributed by atoms with van der Waals surface area (Å²) in [6, 6.07) is 24.9. The first-order chi connectivity index (χ1) is 18.8. The molecule has 194 valence electrons. The fraction of sp³-hybridized carbons (Fsp3) is 0. The van der Waals surface area contributed by atoms with Crippen LogP contribution in [0.3, 0.4) is 0 Å². The smallest absolute Gasteiger partial charge is 0.345 e. The number of hydrogen-bond acceptors (Lipinski definition) is 7. The zero-order valence-corrected chi connectivity index (χ0v) is 20.8. The van der Waals surface area contributed by atoms with Crippen molar-refractivity contribution in [1.82, 2.24) is 5.43 Å². The maximum atomic E-state index is 12.6. The Morgan fingerprint density at radius 3 is 2.18 bits per heavy atom. The number of nitrogens with zero attached hydrogens (tertiary/aromatic N) is 2. The van der Waals surface area contributed by atoms with E-state index in [-0.39, 0.29) is 33.4 Å². The van der Waals surface area contributed by atoms with Crippen molar-refractivity contribution in [3.05, 3.63) is 134 Å². The van der Waals surface area contributed by atoms with Crippen LogP contribution in [-0.2, 0) is 0 Å². The molecule has 0 aliphatic heterocycles. The Kier molecular flexibility index (Phi) is 8.40. The Balaban J connectivity index is 1.45. The normalized spacial score (nSPS) is 10.6. The first-order valence-corrected chi connectivity index (χ1v) is 11.8. The van der Waals surface area contributed by atoms with E-state index in [4.69, 9.17) is 16.3 Å². The molecular weight excluding hydrogens is 524 g/mol. The highest BCUT2D eigenvalue weighted by atomic mass is 35.5. The Morgan fingerprint density at radius 1 is 0.821 bits per heavy atom. The Morgan fingerprint density at radius 2 is 1.49 bits per heavy atom. The standard InChI is InChI=1S/C28H19ClN4O6/c29-23-11-5-4-10-22(23)28(36)39-25-20(9-6-12-24(25)33(37)38)17-30-32-27(35)19-13-15-21(16-14-19)31-26(34)18-7-2-1-3-8-18/h1-17H,(H,31,34)(H,32,35)/b30-17+. The number of amides is 2. The van der Waals surface area contributed by atoms with Crippen LogP contribution in [-0.4, -0.2) is 28.9 Å². The lowest BCUT2D eigenvalue weighted by atomic mass is 10.1. The predicted molar refractivity (Wildman–Crippen MR) is 145 cm³/mol. The molecular formula is C28H19ClN4O6. The van der Waals surface area contributed by atoms with Gasteiger partial charge in [0, 0.05) is 28.4 Å². The number of nitro benzene ring substituents is 1. The molecule has 0 spiro atoms. The van der Waals surface area contributed by atoms with E-state index >= 15 is 0 Å². The second-order valence-electron chi connectivity index (χ2n) is 7.92. The molecule has 2 amide bonds. The zero-order valence-electron chi connectivity index (χ0n) is 20.0. The SMILES string of the molecule is O=C(N/N=C/c1cccc([N+](=O)[O-])c1OC(=O)c1ccccc1Cl)c1ccc(NC(=O)c2ccccc2)cc1. The van der Waals surface area contributed by atoms with E-state index in [0.29, 0.717) is 11.3 Å². The summed E-state index contributed by atoms with van der Waals surface area (Å²) < 4.78 is 5.32. The summed E-state index contributed by atoms with van der Waals surface area (Å²) in [5.74, 6) is -2.12. The van der Waals surface area contributed by atoms with E-state index < -0.39 is 22.5 Å². The highest BCUT2D eigenvalue weighted by Crippen LogP contribution is 2.31. The second kappa shape index (κ2) is 12.3. The van der Waals surface area contributed by atoms with E-state index in [1.54, 1.807) is 54.6 Å². The molecule has 0 aliphatic carbocycles. The van der Waals surface area contributed by atoms with Gasteiger partial charge in [0.15, 0.2) is 0 Å². The summed E-state index contributed by atoms with van der Waals surface area (Å²) in [5.41, 5.74) is 3.17. The van der Waals surface area contributed by atoms with Crippen molar-refractivity contribution < 1.29 is 24.0 Å². The number of ether oxygens (including phenoxy) is 1. The minimum atomic E-state index is -0.895. The molecule has 0 aromatic heterocycles. The van der Waals surface area contributed by atoms with Gasteiger partial charge in [-0.3, -0.25) is 19.7 Å². The molecule has 2 N–H and O–H groups in total. The molecule has 39 heavy (non-hydrogen) atoms. The monoisotopic (exact) mass is 542 g/mol. The van der Waals surface area contributed by atoms with E-state index in [1.807, 2.05) is 0 Å². The van der Waals surface area contributed by atoms with Crippen LogP contribution in [0.5, 0.6) is 5.75 Å². The molecule has 0 bridgehead atoms. The first-order valence-electron chi connectivity index (χ1n) is 11.4. The van der Waals surface area contributed by atoms with Gasteiger partial charge in [-0.2, -0.15) is 5.10 Å². The summed E-state index contributed by atoms with van der Waals surface area (Å²) in [6.07, 6.45) is 1.12. The van der Waals surface area contributed by atoms with Gasteiger partial charge in [-0.1, -0.05) is 48.0 Å². The summed E-state index contributed by atoms with van der Waals surface area (Å²) in [7, 11) is 0. The number of hydrazone groups is 1. The first kappa shape index (κ1) is 26.7. The molecule has 10 nitrogen and oxygen atoms in total. The summed E-state index contributed by atoms with van der Waals surface area (Å²) in [4.78, 5) is 48.3. The summed E-state index contributed by atoms with van der Waals surface area (Å²) >= 11 is 6.04. The van der Waals surface area contributed by atoms with Gasteiger partial charge in [-0.25, -0.2) is 10.2 Å². The number of nitro groups is 1. The zero-order chi connectivity index (χ0) is 27.8. The van der Waals surface area contributed by atoms with Crippen molar-refractivity contribution in [2.75, 3.05) is 5.32 Å². The van der Waals surface area contributed by atoms with Crippen LogP contribution in [0.4, 0.5) is 11.4 Å². The van der Waals surface area contributed by atoms with Crippen molar-refractivity contribution in [1.29, 1.82) is 0 Å². The molecule has 0 saturated carbocycles. The fourth-order valence-electron chi connectivity index (χ4n) is 3.40. The van der Waals surface area contributed by atoms with Crippen molar-refractivity contribution in [2.24, 2.45) is 5.10 Å². The van der Waals surface area contributed by atoms with Gasteiger partial charge < -0.3 is 10.1 Å². The van der Waals surface area contributed by atoms with Crippen LogP contribution in [0.1, 0.15) is 36.6 Å². The maximum absolute atomic E-state index is 12.6. The van der Waals surface area contributed by atoms with Gasteiger partial charge in [-0.05, 0) is 54.6 Å². The molecule has 0 saturated heterocycles. The number of esters is 1.